The van der Waals surface area contributed by atoms with Crippen molar-refractivity contribution in [1.29, 1.82) is 0 Å². The third-order valence-electron chi connectivity index (χ3n) is 3.67. The summed E-state index contributed by atoms with van der Waals surface area (Å²) in [7, 11) is 1.71. The van der Waals surface area contributed by atoms with Crippen LogP contribution in [0.25, 0.3) is 0 Å². The zero-order valence-corrected chi connectivity index (χ0v) is 19.3. The summed E-state index contributed by atoms with van der Waals surface area (Å²) in [6.07, 6.45) is 2.58. The van der Waals surface area contributed by atoms with E-state index in [9.17, 15) is 4.79 Å². The summed E-state index contributed by atoms with van der Waals surface area (Å²) in [6.45, 7) is 4.59. The van der Waals surface area contributed by atoms with E-state index in [1.54, 1.807) is 25.5 Å². The van der Waals surface area contributed by atoms with E-state index in [1.165, 1.54) is 0 Å². The van der Waals surface area contributed by atoms with Gasteiger partial charge in [0.1, 0.15) is 12.2 Å². The number of halogens is 2. The predicted octanol–water partition coefficient (Wildman–Crippen LogP) is 1.82. The molecule has 0 radical (unpaired) electrons. The first-order valence-corrected chi connectivity index (χ1v) is 9.28. The first-order chi connectivity index (χ1) is 12.6. The summed E-state index contributed by atoms with van der Waals surface area (Å²) < 4.78 is 2.89. The van der Waals surface area contributed by atoms with E-state index in [4.69, 9.17) is 0 Å². The molecule has 0 aliphatic carbocycles. The van der Waals surface area contributed by atoms with Gasteiger partial charge in [-0.2, -0.15) is 0 Å². The molecule has 0 spiro atoms. The molecule has 3 N–H and O–H groups in total. The fourth-order valence-corrected chi connectivity index (χ4v) is 2.74. The molecule has 0 aliphatic heterocycles. The minimum atomic E-state index is -0.101. The first-order valence-electron chi connectivity index (χ1n) is 8.49. The van der Waals surface area contributed by atoms with Gasteiger partial charge in [-0.15, -0.1) is 34.2 Å². The average Bonchev–Trinajstić information content (AvgIpc) is 3.11. The van der Waals surface area contributed by atoms with E-state index in [1.807, 2.05) is 16.7 Å². The fourth-order valence-electron chi connectivity index (χ4n) is 2.34. The van der Waals surface area contributed by atoms with Crippen molar-refractivity contribution in [2.75, 3.05) is 26.7 Å². The van der Waals surface area contributed by atoms with Gasteiger partial charge in [-0.1, -0.05) is 28.9 Å². The Hall–Kier alpha value is -1.69. The van der Waals surface area contributed by atoms with Crippen LogP contribution in [0.3, 0.4) is 0 Å². The molecule has 1 heterocycles. The fraction of sp³-hybridized carbons (Fsp3) is 0.412. The van der Waals surface area contributed by atoms with Gasteiger partial charge in [0, 0.05) is 49.7 Å². The van der Waals surface area contributed by atoms with E-state index in [0.717, 1.165) is 23.3 Å². The molecule has 148 valence electrons. The number of aryl methyl sites for hydroxylation is 1. The normalized spacial score (nSPS) is 10.9. The van der Waals surface area contributed by atoms with Crippen LogP contribution in [-0.2, 0) is 13.0 Å². The largest absolute Gasteiger partial charge is 0.355 e. The highest BCUT2D eigenvalue weighted by Crippen LogP contribution is 2.11. The van der Waals surface area contributed by atoms with Gasteiger partial charge >= 0.3 is 0 Å². The van der Waals surface area contributed by atoms with Crippen LogP contribution >= 0.6 is 39.9 Å². The van der Waals surface area contributed by atoms with Crippen LogP contribution in [0.4, 0.5) is 0 Å². The number of aliphatic imine (C=N–C) groups is 1. The Morgan fingerprint density at radius 1 is 1.22 bits per heavy atom. The lowest BCUT2D eigenvalue weighted by Crippen LogP contribution is -2.42. The molecule has 8 nitrogen and oxygen atoms in total. The lowest BCUT2D eigenvalue weighted by atomic mass is 10.2. The Morgan fingerprint density at radius 3 is 2.67 bits per heavy atom. The maximum Gasteiger partial charge on any atom is 0.251 e. The van der Waals surface area contributed by atoms with Crippen molar-refractivity contribution < 1.29 is 4.79 Å². The molecule has 0 bridgehead atoms. The number of hydrogen-bond acceptors (Lipinski definition) is 4. The van der Waals surface area contributed by atoms with Crippen molar-refractivity contribution in [3.05, 3.63) is 46.5 Å². The predicted molar refractivity (Wildman–Crippen MR) is 121 cm³/mol. The van der Waals surface area contributed by atoms with E-state index in [2.05, 4.69) is 54.0 Å². The van der Waals surface area contributed by atoms with Crippen molar-refractivity contribution in [1.82, 2.24) is 30.7 Å². The summed E-state index contributed by atoms with van der Waals surface area (Å²) >= 11 is 3.36. The van der Waals surface area contributed by atoms with Crippen LogP contribution in [0.5, 0.6) is 0 Å². The van der Waals surface area contributed by atoms with Gasteiger partial charge in [0.25, 0.3) is 5.91 Å². The lowest BCUT2D eigenvalue weighted by Gasteiger charge is -2.13. The van der Waals surface area contributed by atoms with E-state index in [0.29, 0.717) is 31.2 Å². The smallest absolute Gasteiger partial charge is 0.251 e. The number of amides is 1. The van der Waals surface area contributed by atoms with Crippen LogP contribution < -0.4 is 16.0 Å². The highest BCUT2D eigenvalue weighted by molar-refractivity contribution is 14.0. The van der Waals surface area contributed by atoms with Crippen molar-refractivity contribution in [3.8, 4) is 0 Å². The molecule has 1 aromatic heterocycles. The highest BCUT2D eigenvalue weighted by atomic mass is 127. The number of benzene rings is 1. The van der Waals surface area contributed by atoms with Crippen LogP contribution in [0.1, 0.15) is 23.1 Å². The number of aromatic nitrogens is 3. The van der Waals surface area contributed by atoms with Crippen LogP contribution in [0, 0.1) is 0 Å². The Morgan fingerprint density at radius 2 is 1.96 bits per heavy atom. The molecule has 0 saturated carbocycles. The number of guanidine groups is 1. The standard InChI is InChI=1S/C17H24BrN7O.HI/c1-3-15-24-23-12-25(15)10-9-22-17(19-2)21-8-7-20-16(26)13-5-4-6-14(18)11-13;/h4-6,11-12H,3,7-10H2,1-2H3,(H,20,26)(H2,19,21,22);1H. The summed E-state index contributed by atoms with van der Waals surface area (Å²) in [5.41, 5.74) is 0.627. The van der Waals surface area contributed by atoms with Gasteiger partial charge in [-0.3, -0.25) is 9.79 Å². The molecule has 0 unspecified atom stereocenters. The van der Waals surface area contributed by atoms with Crippen molar-refractivity contribution in [2.45, 2.75) is 19.9 Å². The molecular formula is C17H25BrIN7O. The monoisotopic (exact) mass is 549 g/mol. The van der Waals surface area contributed by atoms with E-state index >= 15 is 0 Å². The maximum atomic E-state index is 12.1. The number of carbonyl (C=O) groups is 1. The Balaban J connectivity index is 0.00000364. The molecule has 1 amide bonds. The maximum absolute atomic E-state index is 12.1. The van der Waals surface area contributed by atoms with Crippen molar-refractivity contribution >= 4 is 51.8 Å². The molecular weight excluding hydrogens is 525 g/mol. The molecule has 2 aromatic rings. The second-order valence-corrected chi connectivity index (χ2v) is 6.40. The van der Waals surface area contributed by atoms with Crippen LogP contribution in [-0.4, -0.2) is 53.3 Å². The quantitative estimate of drug-likeness (QED) is 0.202. The SMILES string of the molecule is CCc1nncn1CCNC(=NC)NCCNC(=O)c1cccc(Br)c1.I. The Kier molecular flexibility index (Phi) is 10.9. The Labute approximate surface area is 184 Å². The third-order valence-corrected chi connectivity index (χ3v) is 4.16. The zero-order chi connectivity index (χ0) is 18.8. The minimum Gasteiger partial charge on any atom is -0.355 e. The van der Waals surface area contributed by atoms with Gasteiger partial charge in [0.05, 0.1) is 0 Å². The molecule has 2 rings (SSSR count). The summed E-state index contributed by atoms with van der Waals surface area (Å²) in [4.78, 5) is 16.2. The number of nitrogens with one attached hydrogen (secondary N) is 3. The lowest BCUT2D eigenvalue weighted by molar-refractivity contribution is 0.0954. The first kappa shape index (κ1) is 23.3. The second-order valence-electron chi connectivity index (χ2n) is 5.49. The van der Waals surface area contributed by atoms with Crippen LogP contribution in [0.2, 0.25) is 0 Å². The number of carbonyl (C=O) groups excluding carboxylic acids is 1. The van der Waals surface area contributed by atoms with Gasteiger partial charge in [0.15, 0.2) is 5.96 Å². The molecule has 0 atom stereocenters. The second kappa shape index (κ2) is 12.7. The Bertz CT molecular complexity index is 750. The molecule has 0 saturated heterocycles. The average molecular weight is 550 g/mol. The highest BCUT2D eigenvalue weighted by Gasteiger charge is 2.05. The number of hydrogen-bond donors (Lipinski definition) is 3. The minimum absolute atomic E-state index is 0. The van der Waals surface area contributed by atoms with E-state index < -0.39 is 0 Å². The molecule has 27 heavy (non-hydrogen) atoms. The van der Waals surface area contributed by atoms with Gasteiger partial charge < -0.3 is 20.5 Å². The summed E-state index contributed by atoms with van der Waals surface area (Å²) in [6, 6.07) is 7.29. The van der Waals surface area contributed by atoms with Crippen molar-refractivity contribution in [2.24, 2.45) is 4.99 Å². The topological polar surface area (TPSA) is 96.2 Å². The number of rotatable bonds is 8. The molecule has 1 aromatic carbocycles. The molecule has 0 aliphatic rings. The summed E-state index contributed by atoms with van der Waals surface area (Å²) in [5.74, 6) is 1.55. The zero-order valence-electron chi connectivity index (χ0n) is 15.4. The molecule has 0 fully saturated rings. The van der Waals surface area contributed by atoms with Crippen molar-refractivity contribution in [3.63, 3.8) is 0 Å². The van der Waals surface area contributed by atoms with Gasteiger partial charge in [-0.05, 0) is 18.2 Å². The summed E-state index contributed by atoms with van der Waals surface area (Å²) in [5, 5.41) is 17.2. The van der Waals surface area contributed by atoms with Crippen LogP contribution in [0.15, 0.2) is 40.1 Å². The van der Waals surface area contributed by atoms with Gasteiger partial charge in [-0.25, -0.2) is 0 Å². The number of nitrogens with zero attached hydrogens (tertiary/aromatic N) is 4. The van der Waals surface area contributed by atoms with Gasteiger partial charge in [0.2, 0.25) is 0 Å². The molecule has 10 heteroatoms. The third kappa shape index (κ3) is 7.83. The van der Waals surface area contributed by atoms with E-state index in [-0.39, 0.29) is 29.9 Å².